The van der Waals surface area contributed by atoms with Crippen molar-refractivity contribution >= 4 is 11.4 Å². The summed E-state index contributed by atoms with van der Waals surface area (Å²) in [7, 11) is 0. The first kappa shape index (κ1) is 13.0. The molecule has 0 aliphatic rings. The van der Waals surface area contributed by atoms with Crippen molar-refractivity contribution in [3.63, 3.8) is 0 Å². The molecule has 2 rings (SSSR count). The first-order chi connectivity index (χ1) is 9.02. The van der Waals surface area contributed by atoms with Gasteiger partial charge in [0.05, 0.1) is 17.3 Å². The van der Waals surface area contributed by atoms with Crippen LogP contribution in [0.5, 0.6) is 0 Å². The van der Waals surface area contributed by atoms with Crippen LogP contribution >= 0.6 is 0 Å². The predicted molar refractivity (Wildman–Crippen MR) is 65.5 cm³/mol. The second-order valence-corrected chi connectivity index (χ2v) is 3.98. The average molecular weight is 262 g/mol. The van der Waals surface area contributed by atoms with Crippen LogP contribution < -0.4 is 5.32 Å². The van der Waals surface area contributed by atoms with Crippen molar-refractivity contribution in [3.8, 4) is 6.07 Å². The quantitative estimate of drug-likeness (QED) is 0.887. The third kappa shape index (κ3) is 2.52. The van der Waals surface area contributed by atoms with Gasteiger partial charge in [0.2, 0.25) is 0 Å². The van der Waals surface area contributed by atoms with Crippen LogP contribution in [-0.2, 0) is 0 Å². The molecule has 19 heavy (non-hydrogen) atoms. The van der Waals surface area contributed by atoms with Gasteiger partial charge < -0.3 is 5.32 Å². The van der Waals surface area contributed by atoms with E-state index in [4.69, 9.17) is 5.26 Å². The van der Waals surface area contributed by atoms with Gasteiger partial charge in [-0.2, -0.15) is 5.26 Å². The van der Waals surface area contributed by atoms with Gasteiger partial charge in [0.25, 0.3) is 0 Å². The number of anilines is 2. The third-order valence-corrected chi connectivity index (χ3v) is 2.64. The molecule has 2 nitrogen and oxygen atoms in total. The molecule has 0 aliphatic heterocycles. The number of halogens is 3. The second-order valence-electron chi connectivity index (χ2n) is 3.98. The molecule has 2 aromatic rings. The second kappa shape index (κ2) is 5.02. The Balaban J connectivity index is 2.42. The van der Waals surface area contributed by atoms with E-state index in [0.29, 0.717) is 0 Å². The molecular formula is C14H9F3N2. The SMILES string of the molecule is Cc1ccc(F)c(Nc2ccc(C#N)cc2F)c1F. The van der Waals surface area contributed by atoms with E-state index < -0.39 is 23.1 Å². The Hall–Kier alpha value is -2.48. The zero-order chi connectivity index (χ0) is 14.0. The van der Waals surface area contributed by atoms with E-state index in [2.05, 4.69) is 5.32 Å². The monoisotopic (exact) mass is 262 g/mol. The number of nitriles is 1. The molecule has 0 fully saturated rings. The van der Waals surface area contributed by atoms with Gasteiger partial charge in [-0.1, -0.05) is 6.07 Å². The largest absolute Gasteiger partial charge is 0.348 e. The average Bonchev–Trinajstić information content (AvgIpc) is 2.40. The van der Waals surface area contributed by atoms with Crippen LogP contribution in [0.25, 0.3) is 0 Å². The standard InChI is InChI=1S/C14H9F3N2/c1-8-2-4-10(15)14(13(8)17)19-12-5-3-9(7-18)6-11(12)16/h2-6,19H,1H3. The lowest BCUT2D eigenvalue weighted by Gasteiger charge is -2.11. The van der Waals surface area contributed by atoms with Gasteiger partial charge in [0.15, 0.2) is 5.82 Å². The van der Waals surface area contributed by atoms with Gasteiger partial charge in [0, 0.05) is 0 Å². The summed E-state index contributed by atoms with van der Waals surface area (Å²) in [6.45, 7) is 1.48. The molecule has 0 heterocycles. The lowest BCUT2D eigenvalue weighted by molar-refractivity contribution is 0.583. The Labute approximate surface area is 108 Å². The summed E-state index contributed by atoms with van der Waals surface area (Å²) in [5.41, 5.74) is -0.128. The fraction of sp³-hybridized carbons (Fsp3) is 0.0714. The van der Waals surface area contributed by atoms with Crippen LogP contribution in [0.3, 0.4) is 0 Å². The van der Waals surface area contributed by atoms with E-state index in [1.807, 2.05) is 0 Å². The Morgan fingerprint density at radius 2 is 1.79 bits per heavy atom. The number of nitrogens with zero attached hydrogens (tertiary/aromatic N) is 1. The maximum atomic E-state index is 13.7. The number of benzene rings is 2. The molecule has 0 unspecified atom stereocenters. The van der Waals surface area contributed by atoms with Crippen LogP contribution in [0.4, 0.5) is 24.5 Å². The Morgan fingerprint density at radius 3 is 2.42 bits per heavy atom. The molecule has 5 heteroatoms. The molecule has 2 aromatic carbocycles. The van der Waals surface area contributed by atoms with Gasteiger partial charge in [-0.15, -0.1) is 0 Å². The summed E-state index contributed by atoms with van der Waals surface area (Å²) in [4.78, 5) is 0. The van der Waals surface area contributed by atoms with Crippen LogP contribution in [0.2, 0.25) is 0 Å². The highest BCUT2D eigenvalue weighted by Gasteiger charge is 2.13. The highest BCUT2D eigenvalue weighted by molar-refractivity contribution is 5.63. The minimum Gasteiger partial charge on any atom is -0.348 e. The topological polar surface area (TPSA) is 35.8 Å². The Morgan fingerprint density at radius 1 is 1.05 bits per heavy atom. The summed E-state index contributed by atoms with van der Waals surface area (Å²) in [5, 5.41) is 11.0. The molecule has 0 aliphatic carbocycles. The molecule has 1 N–H and O–H groups in total. The van der Waals surface area contributed by atoms with Crippen molar-refractivity contribution in [3.05, 3.63) is 58.9 Å². The maximum Gasteiger partial charge on any atom is 0.152 e. The lowest BCUT2D eigenvalue weighted by Crippen LogP contribution is -2.01. The molecule has 0 radical (unpaired) electrons. The first-order valence-corrected chi connectivity index (χ1v) is 5.44. The molecule has 0 saturated heterocycles. The highest BCUT2D eigenvalue weighted by Crippen LogP contribution is 2.27. The summed E-state index contributed by atoms with van der Waals surface area (Å²) in [6, 6.07) is 7.78. The van der Waals surface area contributed by atoms with Gasteiger partial charge in [-0.05, 0) is 36.8 Å². The Kier molecular flexibility index (Phi) is 3.43. The molecular weight excluding hydrogens is 253 g/mol. The minimum atomic E-state index is -0.813. The molecule has 0 bridgehead atoms. The van der Waals surface area contributed by atoms with E-state index in [0.717, 1.165) is 12.1 Å². The van der Waals surface area contributed by atoms with Gasteiger partial charge in [-0.25, -0.2) is 13.2 Å². The van der Waals surface area contributed by atoms with Crippen molar-refractivity contribution < 1.29 is 13.2 Å². The molecule has 0 aromatic heterocycles. The fourth-order valence-electron chi connectivity index (χ4n) is 1.59. The zero-order valence-corrected chi connectivity index (χ0v) is 9.97. The summed E-state index contributed by atoms with van der Waals surface area (Å²) < 4.78 is 40.9. The smallest absolute Gasteiger partial charge is 0.152 e. The van der Waals surface area contributed by atoms with Crippen molar-refractivity contribution in [2.45, 2.75) is 6.92 Å². The molecule has 96 valence electrons. The predicted octanol–water partition coefficient (Wildman–Crippen LogP) is 4.03. The van der Waals surface area contributed by atoms with Crippen molar-refractivity contribution in [2.75, 3.05) is 5.32 Å². The summed E-state index contributed by atoms with van der Waals surface area (Å²) in [5.74, 6) is -2.34. The zero-order valence-electron chi connectivity index (χ0n) is 9.97. The van der Waals surface area contributed by atoms with Gasteiger partial charge in [0.1, 0.15) is 17.3 Å². The fourth-order valence-corrected chi connectivity index (χ4v) is 1.59. The lowest BCUT2D eigenvalue weighted by atomic mass is 10.1. The van der Waals surface area contributed by atoms with Gasteiger partial charge >= 0.3 is 0 Å². The van der Waals surface area contributed by atoms with Gasteiger partial charge in [-0.3, -0.25) is 0 Å². The van der Waals surface area contributed by atoms with Crippen molar-refractivity contribution in [1.82, 2.24) is 0 Å². The van der Waals surface area contributed by atoms with E-state index in [1.54, 1.807) is 6.07 Å². The van der Waals surface area contributed by atoms with Crippen molar-refractivity contribution in [2.24, 2.45) is 0 Å². The number of nitrogens with one attached hydrogen (secondary N) is 1. The third-order valence-electron chi connectivity index (χ3n) is 2.64. The summed E-state index contributed by atoms with van der Waals surface area (Å²) in [6.07, 6.45) is 0. The molecule has 0 atom stereocenters. The molecule has 0 amide bonds. The number of rotatable bonds is 2. The first-order valence-electron chi connectivity index (χ1n) is 5.44. The van der Waals surface area contributed by atoms with E-state index in [-0.39, 0.29) is 16.8 Å². The minimum absolute atomic E-state index is 0.0950. The van der Waals surface area contributed by atoms with E-state index >= 15 is 0 Å². The van der Waals surface area contributed by atoms with Crippen LogP contribution in [0.1, 0.15) is 11.1 Å². The highest BCUT2D eigenvalue weighted by atomic mass is 19.1. The van der Waals surface area contributed by atoms with E-state index in [9.17, 15) is 13.2 Å². The molecule has 0 spiro atoms. The number of hydrogen-bond donors (Lipinski definition) is 1. The van der Waals surface area contributed by atoms with Crippen LogP contribution in [0.15, 0.2) is 30.3 Å². The normalized spacial score (nSPS) is 10.1. The number of aryl methyl sites for hydroxylation is 1. The summed E-state index contributed by atoms with van der Waals surface area (Å²) >= 11 is 0. The molecule has 0 saturated carbocycles. The maximum absolute atomic E-state index is 13.7. The van der Waals surface area contributed by atoms with Crippen LogP contribution in [-0.4, -0.2) is 0 Å². The Bertz CT molecular complexity index is 675. The van der Waals surface area contributed by atoms with Crippen LogP contribution in [0, 0.1) is 35.7 Å². The number of hydrogen-bond acceptors (Lipinski definition) is 2. The van der Waals surface area contributed by atoms with Crippen molar-refractivity contribution in [1.29, 1.82) is 5.26 Å². The van der Waals surface area contributed by atoms with E-state index in [1.165, 1.54) is 25.1 Å².